The molecular weight excluding hydrogens is 192 g/mol. The van der Waals surface area contributed by atoms with E-state index in [1.165, 1.54) is 0 Å². The number of aliphatic carboxylic acids is 1. The minimum absolute atomic E-state index is 0.00135. The molecule has 0 aliphatic rings. The molecule has 0 saturated heterocycles. The number of benzene rings is 1. The van der Waals surface area contributed by atoms with Crippen LogP contribution in [0, 0.1) is 0 Å². The van der Waals surface area contributed by atoms with Crippen LogP contribution in [0.1, 0.15) is 17.5 Å². The van der Waals surface area contributed by atoms with Crippen LogP contribution in [-0.4, -0.2) is 17.1 Å². The summed E-state index contributed by atoms with van der Waals surface area (Å²) in [6, 6.07) is 7.41. The lowest BCUT2D eigenvalue weighted by atomic mass is 10.0. The number of hydrogen-bond donors (Lipinski definition) is 3. The van der Waals surface area contributed by atoms with E-state index in [-0.39, 0.29) is 12.5 Å². The summed E-state index contributed by atoms with van der Waals surface area (Å²) in [5, 5.41) is 8.55. The van der Waals surface area contributed by atoms with Crippen LogP contribution < -0.4 is 11.5 Å². The van der Waals surface area contributed by atoms with Crippen LogP contribution in [0.5, 0.6) is 0 Å². The molecule has 0 radical (unpaired) electrons. The molecule has 0 aliphatic heterocycles. The Balaban J connectivity index is 2.53. The van der Waals surface area contributed by atoms with Gasteiger partial charge in [0, 0.05) is 12.6 Å². The van der Waals surface area contributed by atoms with E-state index in [9.17, 15) is 4.79 Å². The predicted octanol–water partition coefficient (Wildman–Crippen LogP) is 0.490. The zero-order chi connectivity index (χ0) is 11.3. The highest BCUT2D eigenvalue weighted by Gasteiger charge is 2.08. The van der Waals surface area contributed by atoms with Gasteiger partial charge in [0.05, 0.1) is 6.42 Å². The highest BCUT2D eigenvalue weighted by molar-refractivity contribution is 5.67. The lowest BCUT2D eigenvalue weighted by Gasteiger charge is -2.09. The van der Waals surface area contributed by atoms with Gasteiger partial charge in [-0.15, -0.1) is 0 Å². The molecular formula is C11H16N2O2. The van der Waals surface area contributed by atoms with Crippen LogP contribution >= 0.6 is 0 Å². The maximum atomic E-state index is 10.4. The molecule has 1 aromatic carbocycles. The third-order valence-electron chi connectivity index (χ3n) is 2.19. The molecule has 0 bridgehead atoms. The molecule has 0 fully saturated rings. The third-order valence-corrected chi connectivity index (χ3v) is 2.19. The molecule has 0 unspecified atom stereocenters. The average molecular weight is 208 g/mol. The molecule has 0 amide bonds. The van der Waals surface area contributed by atoms with E-state index in [1.807, 2.05) is 24.3 Å². The van der Waals surface area contributed by atoms with Crippen molar-refractivity contribution in [1.29, 1.82) is 0 Å². The van der Waals surface area contributed by atoms with Crippen molar-refractivity contribution in [2.24, 2.45) is 11.5 Å². The molecule has 1 atom stereocenters. The highest BCUT2D eigenvalue weighted by atomic mass is 16.4. The zero-order valence-corrected chi connectivity index (χ0v) is 8.52. The van der Waals surface area contributed by atoms with E-state index < -0.39 is 5.97 Å². The van der Waals surface area contributed by atoms with Gasteiger partial charge in [-0.1, -0.05) is 24.3 Å². The Kier molecular flexibility index (Phi) is 4.27. The maximum absolute atomic E-state index is 10.4. The fourth-order valence-electron chi connectivity index (χ4n) is 1.41. The number of carbonyl (C=O) groups is 1. The van der Waals surface area contributed by atoms with Crippen molar-refractivity contribution in [3.63, 3.8) is 0 Å². The predicted molar refractivity (Wildman–Crippen MR) is 58.3 cm³/mol. The summed E-state index contributed by atoms with van der Waals surface area (Å²) in [6.07, 6.45) is 0.579. The van der Waals surface area contributed by atoms with Gasteiger partial charge in [0.25, 0.3) is 0 Å². The van der Waals surface area contributed by atoms with Crippen LogP contribution in [0.25, 0.3) is 0 Å². The molecule has 82 valence electrons. The standard InChI is InChI=1S/C11H16N2O2/c12-7-9-3-1-8(2-4-9)5-10(13)6-11(14)15/h1-4,10H,5-7,12-13H2,(H,14,15)/t10-/m0/s1. The van der Waals surface area contributed by atoms with Gasteiger partial charge in [-0.25, -0.2) is 0 Å². The Morgan fingerprint density at radius 3 is 2.27 bits per heavy atom. The highest BCUT2D eigenvalue weighted by Crippen LogP contribution is 2.07. The second-order valence-electron chi connectivity index (χ2n) is 3.58. The first-order valence-corrected chi connectivity index (χ1v) is 4.87. The van der Waals surface area contributed by atoms with Gasteiger partial charge in [0.2, 0.25) is 0 Å². The Bertz CT molecular complexity index is 322. The Labute approximate surface area is 88.9 Å². The van der Waals surface area contributed by atoms with E-state index >= 15 is 0 Å². The number of carboxylic acids is 1. The molecule has 0 saturated carbocycles. The number of nitrogens with two attached hydrogens (primary N) is 2. The third kappa shape index (κ3) is 4.10. The van der Waals surface area contributed by atoms with Gasteiger partial charge in [-0.05, 0) is 17.5 Å². The van der Waals surface area contributed by atoms with Crippen molar-refractivity contribution in [3.8, 4) is 0 Å². The first-order chi connectivity index (χ1) is 7.11. The van der Waals surface area contributed by atoms with E-state index in [1.54, 1.807) is 0 Å². The second-order valence-corrected chi connectivity index (χ2v) is 3.58. The molecule has 15 heavy (non-hydrogen) atoms. The first kappa shape index (κ1) is 11.7. The molecule has 0 aromatic heterocycles. The van der Waals surface area contributed by atoms with Gasteiger partial charge in [0.15, 0.2) is 0 Å². The van der Waals surface area contributed by atoms with E-state index in [0.717, 1.165) is 11.1 Å². The summed E-state index contributed by atoms with van der Waals surface area (Å²) in [5.74, 6) is -0.860. The fraction of sp³-hybridized carbons (Fsp3) is 0.364. The summed E-state index contributed by atoms with van der Waals surface area (Å²) in [4.78, 5) is 10.4. The Morgan fingerprint density at radius 2 is 1.80 bits per heavy atom. The summed E-state index contributed by atoms with van der Waals surface area (Å²) >= 11 is 0. The normalized spacial score (nSPS) is 12.4. The maximum Gasteiger partial charge on any atom is 0.304 e. The van der Waals surface area contributed by atoms with Gasteiger partial charge in [0.1, 0.15) is 0 Å². The van der Waals surface area contributed by atoms with Gasteiger partial charge in [-0.2, -0.15) is 0 Å². The van der Waals surface area contributed by atoms with Gasteiger partial charge < -0.3 is 16.6 Å². The van der Waals surface area contributed by atoms with Crippen molar-refractivity contribution < 1.29 is 9.90 Å². The number of carboxylic acid groups (broad SMARTS) is 1. The van der Waals surface area contributed by atoms with Crippen molar-refractivity contribution in [1.82, 2.24) is 0 Å². The molecule has 0 heterocycles. The SMILES string of the molecule is NCc1ccc(C[C@H](N)CC(=O)O)cc1. The van der Waals surface area contributed by atoms with Crippen LogP contribution in [0.15, 0.2) is 24.3 Å². The van der Waals surface area contributed by atoms with Crippen LogP contribution in [0.3, 0.4) is 0 Å². The number of rotatable bonds is 5. The molecule has 1 aromatic rings. The van der Waals surface area contributed by atoms with Gasteiger partial charge in [-0.3, -0.25) is 4.79 Å². The van der Waals surface area contributed by atoms with Crippen molar-refractivity contribution >= 4 is 5.97 Å². The molecule has 5 N–H and O–H groups in total. The van der Waals surface area contributed by atoms with E-state index in [0.29, 0.717) is 13.0 Å². The zero-order valence-electron chi connectivity index (χ0n) is 8.52. The lowest BCUT2D eigenvalue weighted by molar-refractivity contribution is -0.137. The van der Waals surface area contributed by atoms with Crippen molar-refractivity contribution in [2.45, 2.75) is 25.4 Å². The minimum Gasteiger partial charge on any atom is -0.481 e. The van der Waals surface area contributed by atoms with E-state index in [4.69, 9.17) is 16.6 Å². The van der Waals surface area contributed by atoms with Crippen LogP contribution in [0.4, 0.5) is 0 Å². The largest absolute Gasteiger partial charge is 0.481 e. The van der Waals surface area contributed by atoms with Crippen LogP contribution in [0.2, 0.25) is 0 Å². The van der Waals surface area contributed by atoms with Crippen molar-refractivity contribution in [3.05, 3.63) is 35.4 Å². The minimum atomic E-state index is -0.860. The molecule has 1 rings (SSSR count). The summed E-state index contributed by atoms with van der Waals surface area (Å²) in [5.41, 5.74) is 13.2. The fourth-order valence-corrected chi connectivity index (χ4v) is 1.41. The Hall–Kier alpha value is -1.39. The number of hydrogen-bond acceptors (Lipinski definition) is 3. The monoisotopic (exact) mass is 208 g/mol. The summed E-state index contributed by atoms with van der Waals surface area (Å²) in [7, 11) is 0. The molecule has 4 nitrogen and oxygen atoms in total. The molecule has 4 heteroatoms. The molecule has 0 aliphatic carbocycles. The van der Waals surface area contributed by atoms with Crippen LogP contribution in [-0.2, 0) is 17.8 Å². The quantitative estimate of drug-likeness (QED) is 0.657. The summed E-state index contributed by atoms with van der Waals surface area (Å²) < 4.78 is 0. The topological polar surface area (TPSA) is 89.3 Å². The van der Waals surface area contributed by atoms with Crippen molar-refractivity contribution in [2.75, 3.05) is 0 Å². The lowest BCUT2D eigenvalue weighted by Crippen LogP contribution is -2.26. The summed E-state index contributed by atoms with van der Waals surface area (Å²) in [6.45, 7) is 0.515. The average Bonchev–Trinajstić information content (AvgIpc) is 2.17. The smallest absolute Gasteiger partial charge is 0.304 e. The second kappa shape index (κ2) is 5.48. The first-order valence-electron chi connectivity index (χ1n) is 4.87. The Morgan fingerprint density at radius 1 is 1.27 bits per heavy atom. The molecule has 0 spiro atoms. The van der Waals surface area contributed by atoms with E-state index in [2.05, 4.69) is 0 Å². The van der Waals surface area contributed by atoms with Gasteiger partial charge >= 0.3 is 5.97 Å².